The molecular weight excluding hydrogens is 234 g/mol. The zero-order valence-electron chi connectivity index (χ0n) is 8.84. The average molecular weight is 249 g/mol. The normalized spacial score (nSPS) is 13.9. The third kappa shape index (κ3) is 5.59. The zero-order chi connectivity index (χ0) is 12.7. The molecule has 1 amide bonds. The topological polar surface area (TPSA) is 104 Å². The van der Waals surface area contributed by atoms with Gasteiger partial charge in [-0.1, -0.05) is 6.92 Å². The summed E-state index contributed by atoms with van der Waals surface area (Å²) in [6.45, 7) is 1.61. The van der Waals surface area contributed by atoms with E-state index in [2.05, 4.69) is 17.9 Å². The van der Waals surface area contributed by atoms with Gasteiger partial charge in [-0.2, -0.15) is 12.6 Å². The zero-order valence-corrected chi connectivity index (χ0v) is 9.74. The van der Waals surface area contributed by atoms with Crippen LogP contribution in [0.1, 0.15) is 19.8 Å². The molecule has 0 aliphatic heterocycles. The molecule has 0 radical (unpaired) electrons. The second-order valence-electron chi connectivity index (χ2n) is 3.42. The van der Waals surface area contributed by atoms with Crippen molar-refractivity contribution in [2.24, 2.45) is 5.92 Å². The van der Waals surface area contributed by atoms with Crippen molar-refractivity contribution in [3.8, 4) is 0 Å². The number of aliphatic carboxylic acids is 2. The van der Waals surface area contributed by atoms with Gasteiger partial charge in [-0.3, -0.25) is 9.59 Å². The number of hydrogen-bond donors (Lipinski definition) is 4. The number of hydrogen-bond acceptors (Lipinski definition) is 4. The first-order valence-corrected chi connectivity index (χ1v) is 5.37. The number of nitrogens with one attached hydrogen (secondary N) is 1. The van der Waals surface area contributed by atoms with Crippen molar-refractivity contribution in [3.63, 3.8) is 0 Å². The Labute approximate surface area is 98.4 Å². The van der Waals surface area contributed by atoms with Crippen LogP contribution in [-0.2, 0) is 14.4 Å². The minimum atomic E-state index is -1.24. The number of thiol groups is 1. The van der Waals surface area contributed by atoms with E-state index in [-0.39, 0.29) is 12.8 Å². The van der Waals surface area contributed by atoms with Crippen LogP contribution >= 0.6 is 12.6 Å². The summed E-state index contributed by atoms with van der Waals surface area (Å²) in [7, 11) is 0. The van der Waals surface area contributed by atoms with Crippen molar-refractivity contribution in [2.75, 3.05) is 5.75 Å². The number of amides is 1. The fourth-order valence-electron chi connectivity index (χ4n) is 0.922. The summed E-state index contributed by atoms with van der Waals surface area (Å²) < 4.78 is 0. The molecule has 0 aromatic carbocycles. The summed E-state index contributed by atoms with van der Waals surface area (Å²) in [6.07, 6.45) is -0.428. The van der Waals surface area contributed by atoms with Crippen LogP contribution in [0.25, 0.3) is 0 Å². The molecule has 0 spiro atoms. The number of rotatable bonds is 7. The highest BCUT2D eigenvalue weighted by Gasteiger charge is 2.22. The molecular formula is C9H15NO5S. The molecule has 0 bridgehead atoms. The molecule has 0 aromatic rings. The van der Waals surface area contributed by atoms with Crippen LogP contribution in [0, 0.1) is 5.92 Å². The van der Waals surface area contributed by atoms with Gasteiger partial charge in [-0.05, 0) is 6.42 Å². The number of carbonyl (C=O) groups is 3. The highest BCUT2D eigenvalue weighted by Crippen LogP contribution is 2.02. The van der Waals surface area contributed by atoms with Crippen molar-refractivity contribution >= 4 is 30.5 Å². The highest BCUT2D eigenvalue weighted by molar-refractivity contribution is 7.80. The predicted octanol–water partition coefficient (Wildman–Crippen LogP) is -0.0135. The summed E-state index contributed by atoms with van der Waals surface area (Å²) in [5.41, 5.74) is 0. The minimum absolute atomic E-state index is 0.129. The van der Waals surface area contributed by atoms with E-state index >= 15 is 0 Å². The standard InChI is InChI=1S/C9H15NO5S/c1-5(4-16)8(13)10-6(9(14)15)2-3-7(11)12/h5-6,16H,2-4H2,1H3,(H,10,13)(H,11,12)(H,14,15)/t5-,6+/m1/s1. The second-order valence-corrected chi connectivity index (χ2v) is 3.78. The van der Waals surface area contributed by atoms with Gasteiger partial charge in [0, 0.05) is 18.1 Å². The van der Waals surface area contributed by atoms with E-state index in [0.29, 0.717) is 5.75 Å². The van der Waals surface area contributed by atoms with Gasteiger partial charge in [-0.25, -0.2) is 4.79 Å². The van der Waals surface area contributed by atoms with Gasteiger partial charge in [0.25, 0.3) is 0 Å². The number of carboxylic acid groups (broad SMARTS) is 2. The highest BCUT2D eigenvalue weighted by atomic mass is 32.1. The molecule has 92 valence electrons. The monoisotopic (exact) mass is 249 g/mol. The minimum Gasteiger partial charge on any atom is -0.481 e. The summed E-state index contributed by atoms with van der Waals surface area (Å²) >= 11 is 3.91. The Morgan fingerprint density at radius 2 is 1.88 bits per heavy atom. The molecule has 0 aliphatic rings. The predicted molar refractivity (Wildman–Crippen MR) is 59.5 cm³/mol. The van der Waals surface area contributed by atoms with Crippen molar-refractivity contribution in [3.05, 3.63) is 0 Å². The van der Waals surface area contributed by atoms with Crippen LogP contribution in [0.4, 0.5) is 0 Å². The summed E-state index contributed by atoms with van der Waals surface area (Å²) in [5.74, 6) is -2.87. The van der Waals surface area contributed by atoms with Crippen LogP contribution in [0.5, 0.6) is 0 Å². The largest absolute Gasteiger partial charge is 0.481 e. The van der Waals surface area contributed by atoms with E-state index in [9.17, 15) is 14.4 Å². The first-order chi connectivity index (χ1) is 7.38. The van der Waals surface area contributed by atoms with Crippen LogP contribution in [0.15, 0.2) is 0 Å². The van der Waals surface area contributed by atoms with Gasteiger partial charge >= 0.3 is 11.9 Å². The van der Waals surface area contributed by atoms with E-state index in [1.165, 1.54) is 0 Å². The third-order valence-electron chi connectivity index (χ3n) is 1.98. The lowest BCUT2D eigenvalue weighted by atomic mass is 10.1. The van der Waals surface area contributed by atoms with Crippen molar-refractivity contribution < 1.29 is 24.6 Å². The smallest absolute Gasteiger partial charge is 0.326 e. The quantitative estimate of drug-likeness (QED) is 0.475. The van der Waals surface area contributed by atoms with E-state index in [4.69, 9.17) is 10.2 Å². The lowest BCUT2D eigenvalue weighted by Gasteiger charge is -2.15. The Morgan fingerprint density at radius 3 is 2.25 bits per heavy atom. The van der Waals surface area contributed by atoms with Gasteiger partial charge < -0.3 is 15.5 Å². The Hall–Kier alpha value is -1.24. The summed E-state index contributed by atoms with van der Waals surface area (Å²) in [6, 6.07) is -1.16. The van der Waals surface area contributed by atoms with E-state index in [1.54, 1.807) is 6.92 Å². The fourth-order valence-corrected chi connectivity index (χ4v) is 1.09. The average Bonchev–Trinajstić information content (AvgIpc) is 2.21. The van der Waals surface area contributed by atoms with Gasteiger partial charge in [0.2, 0.25) is 5.91 Å². The molecule has 6 nitrogen and oxygen atoms in total. The van der Waals surface area contributed by atoms with E-state index in [0.717, 1.165) is 0 Å². The molecule has 2 atom stereocenters. The maximum atomic E-state index is 11.4. The van der Waals surface area contributed by atoms with Crippen LogP contribution < -0.4 is 5.32 Å². The van der Waals surface area contributed by atoms with Crippen molar-refractivity contribution in [2.45, 2.75) is 25.8 Å². The van der Waals surface area contributed by atoms with E-state index in [1.807, 2.05) is 0 Å². The Bertz CT molecular complexity index is 281. The Balaban J connectivity index is 4.28. The van der Waals surface area contributed by atoms with Crippen molar-refractivity contribution in [1.29, 1.82) is 0 Å². The van der Waals surface area contributed by atoms with Gasteiger partial charge in [-0.15, -0.1) is 0 Å². The molecule has 16 heavy (non-hydrogen) atoms. The van der Waals surface area contributed by atoms with Gasteiger partial charge in [0.05, 0.1) is 0 Å². The maximum Gasteiger partial charge on any atom is 0.326 e. The van der Waals surface area contributed by atoms with Crippen LogP contribution in [-0.4, -0.2) is 39.9 Å². The molecule has 0 aliphatic carbocycles. The second kappa shape index (κ2) is 7.10. The number of carbonyl (C=O) groups excluding carboxylic acids is 1. The molecule has 0 heterocycles. The molecule has 0 saturated carbocycles. The lowest BCUT2D eigenvalue weighted by molar-refractivity contribution is -0.143. The van der Waals surface area contributed by atoms with E-state index < -0.39 is 29.8 Å². The first-order valence-electron chi connectivity index (χ1n) is 4.74. The molecule has 0 unspecified atom stereocenters. The number of carboxylic acids is 2. The third-order valence-corrected chi connectivity index (χ3v) is 2.53. The van der Waals surface area contributed by atoms with Crippen LogP contribution in [0.2, 0.25) is 0 Å². The SMILES string of the molecule is C[C@H](CS)C(=O)N[C@@H](CCC(=O)O)C(=O)O. The lowest BCUT2D eigenvalue weighted by Crippen LogP contribution is -2.43. The van der Waals surface area contributed by atoms with Crippen molar-refractivity contribution in [1.82, 2.24) is 5.32 Å². The molecule has 0 aromatic heterocycles. The maximum absolute atomic E-state index is 11.4. The molecule has 3 N–H and O–H groups in total. The Morgan fingerprint density at radius 1 is 1.31 bits per heavy atom. The van der Waals surface area contributed by atoms with Gasteiger partial charge in [0.15, 0.2) is 0 Å². The summed E-state index contributed by atoms with van der Waals surface area (Å²) in [4.78, 5) is 32.4. The fraction of sp³-hybridized carbons (Fsp3) is 0.667. The Kier molecular flexibility index (Phi) is 6.55. The summed E-state index contributed by atoms with van der Waals surface area (Å²) in [5, 5.41) is 19.5. The molecule has 0 rings (SSSR count). The molecule has 7 heteroatoms. The first kappa shape index (κ1) is 14.8. The molecule has 0 saturated heterocycles. The molecule has 0 fully saturated rings. The van der Waals surface area contributed by atoms with Crippen LogP contribution in [0.3, 0.4) is 0 Å². The van der Waals surface area contributed by atoms with Gasteiger partial charge in [0.1, 0.15) is 6.04 Å².